The molecule has 0 spiro atoms. The molecule has 1 heterocycles. The van der Waals surface area contributed by atoms with E-state index in [0.717, 1.165) is 16.9 Å². The maximum Gasteiger partial charge on any atom is 0.398 e. The first-order valence-corrected chi connectivity index (χ1v) is 8.16. The van der Waals surface area contributed by atoms with Gasteiger partial charge >= 0.3 is 13.0 Å². The number of anilines is 2. The molecule has 3 aromatic rings. The molecule has 0 atom stereocenters. The predicted octanol–water partition coefficient (Wildman–Crippen LogP) is 4.20. The first-order valence-electron chi connectivity index (χ1n) is 8.16. The van der Waals surface area contributed by atoms with Crippen LogP contribution in [0.4, 0.5) is 11.4 Å². The quantitative estimate of drug-likeness (QED) is 0.559. The van der Waals surface area contributed by atoms with Crippen LogP contribution in [0.2, 0.25) is 0 Å². The molecule has 4 rings (SSSR count). The van der Waals surface area contributed by atoms with Crippen LogP contribution in [0, 0.1) is 0 Å². The Labute approximate surface area is 146 Å². The van der Waals surface area contributed by atoms with Gasteiger partial charge in [0.2, 0.25) is 0 Å². The van der Waals surface area contributed by atoms with E-state index in [9.17, 15) is 4.79 Å². The summed E-state index contributed by atoms with van der Waals surface area (Å²) in [5.74, 6) is 1.75. The molecule has 25 heavy (non-hydrogen) atoms. The molecule has 0 saturated carbocycles. The standard InChI is InChI=1S/C20H17BN2O2/c1-25-20(24)16-10-8-14(9-11-16)12-13-21-22-17-6-2-4-15-5-3-7-18(23-21)19(15)17/h2-13,22-23H,1H3/b13-12-. The van der Waals surface area contributed by atoms with Gasteiger partial charge < -0.3 is 15.2 Å². The Hall–Kier alpha value is -3.21. The van der Waals surface area contributed by atoms with Gasteiger partial charge in [-0.1, -0.05) is 48.4 Å². The Morgan fingerprint density at radius 2 is 1.60 bits per heavy atom. The first kappa shape index (κ1) is 15.3. The number of benzene rings is 3. The molecule has 1 aliphatic heterocycles. The van der Waals surface area contributed by atoms with Gasteiger partial charge in [-0.05, 0) is 35.2 Å². The van der Waals surface area contributed by atoms with Gasteiger partial charge in [0.25, 0.3) is 0 Å². The van der Waals surface area contributed by atoms with E-state index in [1.165, 1.54) is 17.9 Å². The topological polar surface area (TPSA) is 50.4 Å². The molecule has 4 nitrogen and oxygen atoms in total. The third-order valence-corrected chi connectivity index (χ3v) is 4.34. The molecule has 0 amide bonds. The summed E-state index contributed by atoms with van der Waals surface area (Å²) in [5.41, 5.74) is 3.83. The fourth-order valence-corrected chi connectivity index (χ4v) is 3.10. The van der Waals surface area contributed by atoms with Crippen LogP contribution in [0.5, 0.6) is 0 Å². The van der Waals surface area contributed by atoms with Gasteiger partial charge in [-0.3, -0.25) is 0 Å². The van der Waals surface area contributed by atoms with Crippen molar-refractivity contribution in [1.82, 2.24) is 0 Å². The summed E-state index contributed by atoms with van der Waals surface area (Å²) in [6.07, 6.45) is 2.03. The third-order valence-electron chi connectivity index (χ3n) is 4.34. The molecule has 5 heteroatoms. The maximum absolute atomic E-state index is 11.5. The summed E-state index contributed by atoms with van der Waals surface area (Å²) in [6, 6.07) is 19.9. The minimum atomic E-state index is -0.323. The number of ether oxygens (including phenoxy) is 1. The highest BCUT2D eigenvalue weighted by molar-refractivity contribution is 6.73. The van der Waals surface area contributed by atoms with Gasteiger partial charge in [0.05, 0.1) is 12.7 Å². The van der Waals surface area contributed by atoms with Crippen molar-refractivity contribution in [2.24, 2.45) is 0 Å². The number of hydrogen-bond donors (Lipinski definition) is 2. The molecule has 0 radical (unpaired) electrons. The van der Waals surface area contributed by atoms with Crippen LogP contribution in [0.1, 0.15) is 15.9 Å². The van der Waals surface area contributed by atoms with Crippen LogP contribution >= 0.6 is 0 Å². The van der Waals surface area contributed by atoms with Gasteiger partial charge in [0.1, 0.15) is 0 Å². The molecule has 122 valence electrons. The number of carbonyl (C=O) groups excluding carboxylic acids is 1. The normalized spacial score (nSPS) is 12.8. The molecule has 0 saturated heterocycles. The molecule has 0 aliphatic carbocycles. The molecule has 2 N–H and O–H groups in total. The number of nitrogens with one attached hydrogen (secondary N) is 2. The van der Waals surface area contributed by atoms with E-state index >= 15 is 0 Å². The number of methoxy groups -OCH3 is 1. The number of rotatable bonds is 3. The van der Waals surface area contributed by atoms with Gasteiger partial charge in [0.15, 0.2) is 0 Å². The molecule has 3 aromatic carbocycles. The monoisotopic (exact) mass is 328 g/mol. The van der Waals surface area contributed by atoms with Gasteiger partial charge in [-0.25, -0.2) is 4.79 Å². The Balaban J connectivity index is 1.54. The van der Waals surface area contributed by atoms with Crippen LogP contribution in [0.3, 0.4) is 0 Å². The highest BCUT2D eigenvalue weighted by Crippen LogP contribution is 2.33. The average molecular weight is 328 g/mol. The van der Waals surface area contributed by atoms with Crippen molar-refractivity contribution in [3.63, 3.8) is 0 Å². The van der Waals surface area contributed by atoms with E-state index in [1.54, 1.807) is 12.1 Å². The van der Waals surface area contributed by atoms with E-state index in [2.05, 4.69) is 52.8 Å². The SMILES string of the molecule is COC(=O)c1ccc(/C=C\B2Nc3cccc4cccc(c34)N2)cc1. The summed E-state index contributed by atoms with van der Waals surface area (Å²) in [7, 11) is 1.38. The van der Waals surface area contributed by atoms with Gasteiger partial charge in [0, 0.05) is 16.8 Å². The van der Waals surface area contributed by atoms with E-state index in [-0.39, 0.29) is 13.0 Å². The molecular weight excluding hydrogens is 311 g/mol. The van der Waals surface area contributed by atoms with E-state index in [0.29, 0.717) is 5.56 Å². The zero-order valence-electron chi connectivity index (χ0n) is 13.8. The number of esters is 1. The second kappa shape index (κ2) is 6.36. The molecule has 0 unspecified atom stereocenters. The Kier molecular flexibility index (Phi) is 3.90. The lowest BCUT2D eigenvalue weighted by Crippen LogP contribution is -2.35. The summed E-state index contributed by atoms with van der Waals surface area (Å²) in [5, 5.41) is 9.43. The number of carbonyl (C=O) groups is 1. The fraction of sp³-hybridized carbons (Fsp3) is 0.0500. The second-order valence-corrected chi connectivity index (χ2v) is 5.95. The molecule has 0 fully saturated rings. The van der Waals surface area contributed by atoms with Crippen molar-refractivity contribution in [3.05, 3.63) is 77.8 Å². The van der Waals surface area contributed by atoms with Crippen molar-refractivity contribution < 1.29 is 9.53 Å². The molecular formula is C20H17BN2O2. The van der Waals surface area contributed by atoms with Gasteiger partial charge in [-0.2, -0.15) is 0 Å². The highest BCUT2D eigenvalue weighted by atomic mass is 16.5. The average Bonchev–Trinajstić information content (AvgIpc) is 2.66. The van der Waals surface area contributed by atoms with Crippen molar-refractivity contribution >= 4 is 41.2 Å². The van der Waals surface area contributed by atoms with Crippen LogP contribution < -0.4 is 10.5 Å². The van der Waals surface area contributed by atoms with E-state index in [1.807, 2.05) is 18.2 Å². The Morgan fingerprint density at radius 3 is 2.20 bits per heavy atom. The zero-order chi connectivity index (χ0) is 17.2. The summed E-state index contributed by atoms with van der Waals surface area (Å²) in [6.45, 7) is 0.000726. The van der Waals surface area contributed by atoms with Crippen molar-refractivity contribution in [3.8, 4) is 0 Å². The van der Waals surface area contributed by atoms with Gasteiger partial charge in [-0.15, -0.1) is 0 Å². The number of hydrogen-bond acceptors (Lipinski definition) is 4. The molecule has 1 aliphatic rings. The van der Waals surface area contributed by atoms with Crippen LogP contribution in [0.25, 0.3) is 16.8 Å². The van der Waals surface area contributed by atoms with Crippen LogP contribution in [0.15, 0.2) is 66.6 Å². The summed E-state index contributed by atoms with van der Waals surface area (Å²) in [4.78, 5) is 11.5. The van der Waals surface area contributed by atoms with E-state index < -0.39 is 0 Å². The fourth-order valence-electron chi connectivity index (χ4n) is 3.10. The Morgan fingerprint density at radius 1 is 0.960 bits per heavy atom. The Bertz CT molecular complexity index is 926. The predicted molar refractivity (Wildman–Crippen MR) is 104 cm³/mol. The first-order chi connectivity index (χ1) is 12.2. The van der Waals surface area contributed by atoms with Crippen LogP contribution in [-0.2, 0) is 4.74 Å². The lowest BCUT2D eigenvalue weighted by molar-refractivity contribution is 0.0600. The molecule has 0 aromatic heterocycles. The zero-order valence-corrected chi connectivity index (χ0v) is 13.8. The lowest BCUT2D eigenvalue weighted by atomic mass is 9.73. The summed E-state index contributed by atoms with van der Waals surface area (Å²) < 4.78 is 4.72. The molecule has 0 bridgehead atoms. The maximum atomic E-state index is 11.5. The minimum Gasteiger partial charge on any atom is -0.465 e. The van der Waals surface area contributed by atoms with Crippen molar-refractivity contribution in [2.45, 2.75) is 0 Å². The van der Waals surface area contributed by atoms with Crippen LogP contribution in [-0.4, -0.2) is 20.1 Å². The van der Waals surface area contributed by atoms with E-state index in [4.69, 9.17) is 4.74 Å². The summed E-state index contributed by atoms with van der Waals surface area (Å²) >= 11 is 0. The second-order valence-electron chi connectivity index (χ2n) is 5.95. The smallest absolute Gasteiger partial charge is 0.398 e. The lowest BCUT2D eigenvalue weighted by Gasteiger charge is -2.24. The van der Waals surface area contributed by atoms with Crippen molar-refractivity contribution in [2.75, 3.05) is 17.6 Å². The minimum absolute atomic E-state index is 0.000726. The largest absolute Gasteiger partial charge is 0.465 e. The van der Waals surface area contributed by atoms with Crippen molar-refractivity contribution in [1.29, 1.82) is 0 Å². The third kappa shape index (κ3) is 2.96. The highest BCUT2D eigenvalue weighted by Gasteiger charge is 2.20.